The molecule has 2 aromatic carbocycles. The van der Waals surface area contributed by atoms with Crippen molar-refractivity contribution >= 4 is 22.4 Å². The van der Waals surface area contributed by atoms with E-state index in [-0.39, 0.29) is 12.0 Å². The molecule has 0 bridgehead atoms. The van der Waals surface area contributed by atoms with Crippen LogP contribution in [0, 0.1) is 5.82 Å². The monoisotopic (exact) mass is 530 g/mol. The van der Waals surface area contributed by atoms with Gasteiger partial charge in [-0.3, -0.25) is 4.98 Å². The van der Waals surface area contributed by atoms with E-state index in [2.05, 4.69) is 19.9 Å². The van der Waals surface area contributed by atoms with Gasteiger partial charge in [-0.1, -0.05) is 0 Å². The van der Waals surface area contributed by atoms with Crippen molar-refractivity contribution < 1.29 is 13.9 Å². The molecule has 0 amide bonds. The molecule has 0 saturated carbocycles. The zero-order valence-electron chi connectivity index (χ0n) is 22.4. The molecule has 4 aromatic rings. The Labute approximate surface area is 228 Å². The number of aromatic nitrogens is 4. The van der Waals surface area contributed by atoms with Gasteiger partial charge in [-0.05, 0) is 82.4 Å². The number of hydrogen-bond donors (Lipinski definition) is 0. The van der Waals surface area contributed by atoms with E-state index < -0.39 is 0 Å². The smallest absolute Gasteiger partial charge is 0.150 e. The summed E-state index contributed by atoms with van der Waals surface area (Å²) in [6.45, 7) is 4.85. The zero-order chi connectivity index (χ0) is 26.6. The number of ether oxygens (including phenoxy) is 2. The number of nitrogens with zero attached hydrogens (tertiary/aromatic N) is 6. The van der Waals surface area contributed by atoms with Gasteiger partial charge < -0.3 is 19.3 Å². The molecule has 1 atom stereocenters. The Kier molecular flexibility index (Phi) is 7.69. The van der Waals surface area contributed by atoms with E-state index in [4.69, 9.17) is 14.5 Å². The minimum Gasteiger partial charge on any atom is -0.497 e. The molecule has 1 unspecified atom stereocenters. The van der Waals surface area contributed by atoms with E-state index in [1.807, 2.05) is 41.3 Å². The van der Waals surface area contributed by atoms with Crippen LogP contribution in [0.25, 0.3) is 22.3 Å². The molecule has 204 valence electrons. The lowest BCUT2D eigenvalue weighted by Gasteiger charge is -2.27. The highest BCUT2D eigenvalue weighted by Gasteiger charge is 2.19. The average molecular weight is 531 g/mol. The molecule has 2 fully saturated rings. The van der Waals surface area contributed by atoms with Gasteiger partial charge in [0.25, 0.3) is 0 Å². The Balaban J connectivity index is 1.30. The third-order valence-electron chi connectivity index (χ3n) is 7.64. The lowest BCUT2D eigenvalue weighted by atomic mass is 10.1. The second-order valence-corrected chi connectivity index (χ2v) is 10.4. The number of rotatable bonds is 9. The lowest BCUT2D eigenvalue weighted by molar-refractivity contribution is -0.0394. The minimum atomic E-state index is -0.323. The van der Waals surface area contributed by atoms with Crippen LogP contribution in [0.3, 0.4) is 0 Å². The highest BCUT2D eigenvalue weighted by Crippen LogP contribution is 2.32. The van der Waals surface area contributed by atoms with Gasteiger partial charge in [-0.25, -0.2) is 14.1 Å². The van der Waals surface area contributed by atoms with Gasteiger partial charge in [0.1, 0.15) is 17.8 Å². The normalized spacial score (nSPS) is 18.1. The van der Waals surface area contributed by atoms with Crippen LogP contribution >= 0.6 is 0 Å². The number of likely N-dealkylation sites (tertiary alicyclic amines) is 1. The van der Waals surface area contributed by atoms with Crippen molar-refractivity contribution in [2.75, 3.05) is 44.8 Å². The molecule has 0 N–H and O–H groups in total. The molecule has 8 nitrogen and oxygen atoms in total. The molecular formula is C30H35FN6O2. The third-order valence-corrected chi connectivity index (χ3v) is 7.64. The van der Waals surface area contributed by atoms with Crippen LogP contribution in [0.4, 0.5) is 15.8 Å². The molecule has 6 rings (SSSR count). The molecule has 2 aromatic heterocycles. The minimum absolute atomic E-state index is 0.0232. The van der Waals surface area contributed by atoms with E-state index in [9.17, 15) is 4.39 Å². The molecule has 2 saturated heterocycles. The quantitative estimate of drug-likeness (QED) is 0.264. The van der Waals surface area contributed by atoms with Gasteiger partial charge in [0.15, 0.2) is 0 Å². The molecule has 2 aliphatic heterocycles. The van der Waals surface area contributed by atoms with Crippen molar-refractivity contribution in [2.45, 2.75) is 44.8 Å². The summed E-state index contributed by atoms with van der Waals surface area (Å²) in [6.07, 6.45) is 12.3. The first-order chi connectivity index (χ1) is 19.2. The third kappa shape index (κ3) is 5.89. The van der Waals surface area contributed by atoms with Crippen LogP contribution in [0.5, 0.6) is 5.75 Å². The summed E-state index contributed by atoms with van der Waals surface area (Å²) in [5.41, 5.74) is 4.94. The zero-order valence-corrected chi connectivity index (χ0v) is 22.4. The fraction of sp³-hybridized carbons (Fsp3) is 0.433. The number of benzene rings is 2. The van der Waals surface area contributed by atoms with E-state index in [0.717, 1.165) is 92.1 Å². The fourth-order valence-electron chi connectivity index (χ4n) is 5.55. The predicted octanol–water partition coefficient (Wildman–Crippen LogP) is 5.96. The standard InChI is InChI=1S/C30H35FN6O2/c1-38-26-16-23(31)15-25(17-26)36(13-6-12-35-10-3-4-11-35)24-8-9-27-28(18-24)34-29(20-32-27)22-19-33-37(21-22)30-7-2-5-14-39-30/h8-9,15-21,30H,2-7,10-14H2,1H3. The van der Waals surface area contributed by atoms with Gasteiger partial charge in [0.05, 0.1) is 36.2 Å². The van der Waals surface area contributed by atoms with Gasteiger partial charge >= 0.3 is 0 Å². The Morgan fingerprint density at radius 2 is 1.92 bits per heavy atom. The molecule has 0 spiro atoms. The Hall–Kier alpha value is -3.56. The summed E-state index contributed by atoms with van der Waals surface area (Å²) in [5.74, 6) is 0.173. The maximum Gasteiger partial charge on any atom is 0.150 e. The van der Waals surface area contributed by atoms with E-state index in [1.54, 1.807) is 19.4 Å². The van der Waals surface area contributed by atoms with Crippen molar-refractivity contribution in [3.05, 3.63) is 60.8 Å². The van der Waals surface area contributed by atoms with Gasteiger partial charge in [-0.15, -0.1) is 0 Å². The summed E-state index contributed by atoms with van der Waals surface area (Å²) in [5, 5.41) is 4.54. The Morgan fingerprint density at radius 3 is 2.74 bits per heavy atom. The van der Waals surface area contributed by atoms with Crippen molar-refractivity contribution in [1.29, 1.82) is 0 Å². The SMILES string of the molecule is COc1cc(F)cc(N(CCCN2CCCC2)c2ccc3ncc(-c4cnn(C5CCCCO5)c4)nc3c2)c1. The van der Waals surface area contributed by atoms with E-state index >= 15 is 0 Å². The van der Waals surface area contributed by atoms with Crippen molar-refractivity contribution in [3.63, 3.8) is 0 Å². The van der Waals surface area contributed by atoms with Crippen LogP contribution in [0.2, 0.25) is 0 Å². The summed E-state index contributed by atoms with van der Waals surface area (Å²) < 4.78 is 27.7. The van der Waals surface area contributed by atoms with E-state index in [0.29, 0.717) is 5.75 Å². The highest BCUT2D eigenvalue weighted by molar-refractivity contribution is 5.82. The summed E-state index contributed by atoms with van der Waals surface area (Å²) in [7, 11) is 1.56. The molecule has 9 heteroatoms. The van der Waals surface area contributed by atoms with Crippen molar-refractivity contribution in [1.82, 2.24) is 24.6 Å². The first-order valence-electron chi connectivity index (χ1n) is 13.9. The first-order valence-corrected chi connectivity index (χ1v) is 13.9. The van der Waals surface area contributed by atoms with Crippen LogP contribution in [-0.2, 0) is 4.74 Å². The van der Waals surface area contributed by atoms with Crippen molar-refractivity contribution in [3.8, 4) is 17.0 Å². The Morgan fingerprint density at radius 1 is 1.03 bits per heavy atom. The molecular weight excluding hydrogens is 495 g/mol. The molecule has 0 radical (unpaired) electrons. The van der Waals surface area contributed by atoms with Gasteiger partial charge in [-0.2, -0.15) is 5.10 Å². The largest absolute Gasteiger partial charge is 0.497 e. The molecule has 39 heavy (non-hydrogen) atoms. The Bertz CT molecular complexity index is 1410. The number of halogens is 1. The second kappa shape index (κ2) is 11.7. The first kappa shape index (κ1) is 25.7. The fourth-order valence-corrected chi connectivity index (χ4v) is 5.55. The number of hydrogen-bond acceptors (Lipinski definition) is 7. The molecule has 0 aliphatic carbocycles. The number of methoxy groups -OCH3 is 1. The summed E-state index contributed by atoms with van der Waals surface area (Å²) in [6, 6.07) is 10.9. The predicted molar refractivity (Wildman–Crippen MR) is 150 cm³/mol. The average Bonchev–Trinajstić information content (AvgIpc) is 3.68. The summed E-state index contributed by atoms with van der Waals surface area (Å²) in [4.78, 5) is 14.3. The molecule has 2 aliphatic rings. The van der Waals surface area contributed by atoms with Crippen molar-refractivity contribution in [2.24, 2.45) is 0 Å². The van der Waals surface area contributed by atoms with Gasteiger partial charge in [0, 0.05) is 48.4 Å². The van der Waals surface area contributed by atoms with Crippen LogP contribution in [0.15, 0.2) is 55.0 Å². The second-order valence-electron chi connectivity index (χ2n) is 10.4. The summed E-state index contributed by atoms with van der Waals surface area (Å²) >= 11 is 0. The maximum atomic E-state index is 14.5. The van der Waals surface area contributed by atoms with E-state index in [1.165, 1.54) is 18.9 Å². The molecule has 4 heterocycles. The van der Waals surface area contributed by atoms with Crippen LogP contribution in [0.1, 0.15) is 44.8 Å². The maximum absolute atomic E-state index is 14.5. The van der Waals surface area contributed by atoms with Crippen LogP contribution < -0.4 is 9.64 Å². The van der Waals surface area contributed by atoms with Gasteiger partial charge in [0.2, 0.25) is 0 Å². The number of anilines is 2. The topological polar surface area (TPSA) is 68.5 Å². The highest BCUT2D eigenvalue weighted by atomic mass is 19.1. The lowest BCUT2D eigenvalue weighted by Crippen LogP contribution is -2.26. The number of fused-ring (bicyclic) bond motifs is 1. The van der Waals surface area contributed by atoms with Crippen LogP contribution in [-0.4, -0.2) is 64.5 Å².